The van der Waals surface area contributed by atoms with Crippen LogP contribution >= 0.6 is 0 Å². The minimum absolute atomic E-state index is 0.155. The van der Waals surface area contributed by atoms with Crippen molar-refractivity contribution in [2.45, 2.75) is 6.18 Å². The minimum Gasteiger partial charge on any atom is -0.275 e. The third-order valence-corrected chi connectivity index (χ3v) is 1.44. The molecule has 0 aliphatic rings. The molecule has 0 atom stereocenters. The highest BCUT2D eigenvalue weighted by atomic mass is 19.4. The lowest BCUT2D eigenvalue weighted by atomic mass is 10.4. The first-order chi connectivity index (χ1) is 6.07. The van der Waals surface area contributed by atoms with Gasteiger partial charge in [0.05, 0.1) is 12.4 Å². The lowest BCUT2D eigenvalue weighted by molar-refractivity contribution is -0.144. The van der Waals surface area contributed by atoms with Crippen LogP contribution in [0.5, 0.6) is 0 Å². The van der Waals surface area contributed by atoms with Crippen molar-refractivity contribution in [3.05, 3.63) is 18.2 Å². The number of hydrogen-bond donors (Lipinski definition) is 1. The number of nitrogens with one attached hydrogen (secondary N) is 1. The van der Waals surface area contributed by atoms with Gasteiger partial charge in [0.25, 0.3) is 0 Å². The van der Waals surface area contributed by atoms with E-state index in [9.17, 15) is 13.2 Å². The Morgan fingerprint density at radius 1 is 1.23 bits per heavy atom. The molecule has 0 fully saturated rings. The van der Waals surface area contributed by atoms with Crippen LogP contribution in [0.1, 0.15) is 5.82 Å². The third-order valence-electron chi connectivity index (χ3n) is 1.44. The largest absolute Gasteiger partial charge is 0.451 e. The van der Waals surface area contributed by atoms with Crippen LogP contribution in [0.3, 0.4) is 0 Å². The van der Waals surface area contributed by atoms with E-state index >= 15 is 0 Å². The number of nitrogens with zero attached hydrogens (tertiary/aromatic N) is 3. The maximum Gasteiger partial charge on any atom is 0.451 e. The Labute approximate surface area is 69.8 Å². The predicted octanol–water partition coefficient (Wildman–Crippen LogP) is 1.37. The van der Waals surface area contributed by atoms with E-state index in [0.29, 0.717) is 5.52 Å². The van der Waals surface area contributed by atoms with E-state index in [1.165, 1.54) is 6.20 Å². The molecule has 68 valence electrons. The van der Waals surface area contributed by atoms with E-state index in [0.717, 1.165) is 6.20 Å². The summed E-state index contributed by atoms with van der Waals surface area (Å²) in [5.74, 6) is -1.15. The molecule has 2 aromatic rings. The molecule has 2 aromatic heterocycles. The highest BCUT2D eigenvalue weighted by molar-refractivity contribution is 5.71. The summed E-state index contributed by atoms with van der Waals surface area (Å²) in [4.78, 5) is 6.42. The normalized spacial score (nSPS) is 12.2. The number of rotatable bonds is 0. The van der Waals surface area contributed by atoms with Crippen LogP contribution in [-0.4, -0.2) is 20.2 Å². The molecule has 0 aliphatic carbocycles. The lowest BCUT2D eigenvalue weighted by Crippen LogP contribution is -2.10. The molecular formula is C6H3F3N4. The first-order valence-electron chi connectivity index (χ1n) is 3.31. The van der Waals surface area contributed by atoms with Gasteiger partial charge in [-0.2, -0.15) is 18.3 Å². The second-order valence-corrected chi connectivity index (χ2v) is 2.36. The molecule has 0 spiro atoms. The molecule has 0 amide bonds. The van der Waals surface area contributed by atoms with E-state index < -0.39 is 12.0 Å². The molecule has 0 unspecified atom stereocenters. The summed E-state index contributed by atoms with van der Waals surface area (Å²) in [6.07, 6.45) is -2.24. The van der Waals surface area contributed by atoms with Gasteiger partial charge in [-0.15, -0.1) is 0 Å². The van der Waals surface area contributed by atoms with Gasteiger partial charge in [0.1, 0.15) is 11.0 Å². The standard InChI is InChI=1S/C6H3F3N4/c7-6(8,9)5-10-1-4-3(12-5)2-11-13-4/h1-2H,(H,11,13). The Bertz CT molecular complexity index is 433. The maximum atomic E-state index is 12.1. The smallest absolute Gasteiger partial charge is 0.275 e. The van der Waals surface area contributed by atoms with Gasteiger partial charge in [0.15, 0.2) is 0 Å². The first kappa shape index (κ1) is 7.96. The van der Waals surface area contributed by atoms with Gasteiger partial charge in [0, 0.05) is 0 Å². The SMILES string of the molecule is FC(F)(F)c1ncc2[nH]ncc2n1. The summed E-state index contributed by atoms with van der Waals surface area (Å²) in [5.41, 5.74) is 0.537. The van der Waals surface area contributed by atoms with Crippen LogP contribution in [0.15, 0.2) is 12.4 Å². The van der Waals surface area contributed by atoms with Crippen molar-refractivity contribution >= 4 is 11.0 Å². The van der Waals surface area contributed by atoms with E-state index in [1.54, 1.807) is 0 Å². The Hall–Kier alpha value is -1.66. The van der Waals surface area contributed by atoms with Gasteiger partial charge in [0.2, 0.25) is 5.82 Å². The second-order valence-electron chi connectivity index (χ2n) is 2.36. The highest BCUT2D eigenvalue weighted by Crippen LogP contribution is 2.26. The van der Waals surface area contributed by atoms with E-state index in [2.05, 4.69) is 20.2 Å². The topological polar surface area (TPSA) is 54.5 Å². The number of fused-ring (bicyclic) bond motifs is 1. The number of aromatic amines is 1. The molecule has 4 nitrogen and oxygen atoms in total. The van der Waals surface area contributed by atoms with Gasteiger partial charge in [-0.1, -0.05) is 0 Å². The highest BCUT2D eigenvalue weighted by Gasteiger charge is 2.34. The average Bonchev–Trinajstić information content (AvgIpc) is 2.47. The average molecular weight is 188 g/mol. The minimum atomic E-state index is -4.51. The number of halogens is 3. The van der Waals surface area contributed by atoms with Crippen molar-refractivity contribution in [1.29, 1.82) is 0 Å². The number of hydrogen-bond acceptors (Lipinski definition) is 3. The molecule has 0 aromatic carbocycles. The van der Waals surface area contributed by atoms with Crippen LogP contribution in [0.2, 0.25) is 0 Å². The fourth-order valence-corrected chi connectivity index (χ4v) is 0.879. The summed E-state index contributed by atoms with van der Waals surface area (Å²) in [5, 5.41) is 5.99. The molecule has 0 bridgehead atoms. The molecule has 7 heteroatoms. The predicted molar refractivity (Wildman–Crippen MR) is 36.7 cm³/mol. The molecule has 0 saturated carbocycles. The van der Waals surface area contributed by atoms with Crippen molar-refractivity contribution in [3.63, 3.8) is 0 Å². The Balaban J connectivity index is 2.61. The van der Waals surface area contributed by atoms with E-state index in [4.69, 9.17) is 0 Å². The molecule has 0 saturated heterocycles. The fourth-order valence-electron chi connectivity index (χ4n) is 0.879. The van der Waals surface area contributed by atoms with Crippen molar-refractivity contribution < 1.29 is 13.2 Å². The van der Waals surface area contributed by atoms with Crippen molar-refractivity contribution in [1.82, 2.24) is 20.2 Å². The van der Waals surface area contributed by atoms with Crippen molar-refractivity contribution in [3.8, 4) is 0 Å². The molecule has 2 heterocycles. The summed E-state index contributed by atoms with van der Waals surface area (Å²) in [6.45, 7) is 0. The monoisotopic (exact) mass is 188 g/mol. The number of aromatic nitrogens is 4. The van der Waals surface area contributed by atoms with E-state index in [-0.39, 0.29) is 5.52 Å². The van der Waals surface area contributed by atoms with Gasteiger partial charge >= 0.3 is 6.18 Å². The second kappa shape index (κ2) is 2.41. The number of H-pyrrole nitrogens is 1. The maximum absolute atomic E-state index is 12.1. The zero-order chi connectivity index (χ0) is 9.47. The van der Waals surface area contributed by atoms with Crippen LogP contribution in [0.25, 0.3) is 11.0 Å². The van der Waals surface area contributed by atoms with Gasteiger partial charge in [-0.25, -0.2) is 9.97 Å². The molecular weight excluding hydrogens is 185 g/mol. The van der Waals surface area contributed by atoms with Crippen molar-refractivity contribution in [2.24, 2.45) is 0 Å². The summed E-state index contributed by atoms with van der Waals surface area (Å²) in [7, 11) is 0. The quantitative estimate of drug-likeness (QED) is 0.679. The molecule has 0 aliphatic heterocycles. The number of alkyl halides is 3. The molecule has 2 rings (SSSR count). The van der Waals surface area contributed by atoms with Crippen molar-refractivity contribution in [2.75, 3.05) is 0 Å². The van der Waals surface area contributed by atoms with Crippen LogP contribution in [0.4, 0.5) is 13.2 Å². The summed E-state index contributed by atoms with van der Waals surface area (Å²) in [6, 6.07) is 0. The first-order valence-corrected chi connectivity index (χ1v) is 3.31. The van der Waals surface area contributed by atoms with Gasteiger partial charge < -0.3 is 0 Å². The van der Waals surface area contributed by atoms with Gasteiger partial charge in [-0.05, 0) is 0 Å². The van der Waals surface area contributed by atoms with Crippen LogP contribution in [0, 0.1) is 0 Å². The lowest BCUT2D eigenvalue weighted by Gasteiger charge is -2.02. The Morgan fingerprint density at radius 2 is 2.00 bits per heavy atom. The zero-order valence-electron chi connectivity index (χ0n) is 6.13. The fraction of sp³-hybridized carbons (Fsp3) is 0.167. The summed E-state index contributed by atoms with van der Waals surface area (Å²) >= 11 is 0. The van der Waals surface area contributed by atoms with Gasteiger partial charge in [-0.3, -0.25) is 5.10 Å². The summed E-state index contributed by atoms with van der Waals surface area (Å²) < 4.78 is 36.2. The van der Waals surface area contributed by atoms with Crippen LogP contribution < -0.4 is 0 Å². The molecule has 1 N–H and O–H groups in total. The molecule has 13 heavy (non-hydrogen) atoms. The third kappa shape index (κ3) is 1.32. The van der Waals surface area contributed by atoms with E-state index in [1.807, 2.05) is 0 Å². The Morgan fingerprint density at radius 3 is 2.69 bits per heavy atom. The Kier molecular flexibility index (Phi) is 1.48. The molecule has 0 radical (unpaired) electrons. The van der Waals surface area contributed by atoms with Crippen LogP contribution in [-0.2, 0) is 6.18 Å². The zero-order valence-corrected chi connectivity index (χ0v) is 6.13.